The molecular weight excluding hydrogens is 210 g/mol. The predicted octanol–water partition coefficient (Wildman–Crippen LogP) is 2.12. The highest BCUT2D eigenvalue weighted by atomic mass is 32.1. The summed E-state index contributed by atoms with van der Waals surface area (Å²) in [5, 5.41) is 0. The lowest BCUT2D eigenvalue weighted by Crippen LogP contribution is -2.09. The van der Waals surface area contributed by atoms with E-state index in [4.69, 9.17) is 27.4 Å². The van der Waals surface area contributed by atoms with Gasteiger partial charge in [-0.15, -0.1) is 0 Å². The molecule has 4 heteroatoms. The Bertz CT molecular complexity index is 352. The van der Waals surface area contributed by atoms with E-state index in [2.05, 4.69) is 0 Å². The zero-order chi connectivity index (χ0) is 11.3. The SMILES string of the molecule is CCCOc1cc(C(N)=S)ccc1OC. The van der Waals surface area contributed by atoms with Crippen molar-refractivity contribution in [2.75, 3.05) is 13.7 Å². The predicted molar refractivity (Wildman–Crippen MR) is 64.7 cm³/mol. The molecule has 0 amide bonds. The van der Waals surface area contributed by atoms with E-state index in [9.17, 15) is 0 Å². The number of thiocarbonyl (C=S) groups is 1. The summed E-state index contributed by atoms with van der Waals surface area (Å²) in [5.41, 5.74) is 6.33. The van der Waals surface area contributed by atoms with Gasteiger partial charge in [0.1, 0.15) is 4.99 Å². The smallest absolute Gasteiger partial charge is 0.161 e. The van der Waals surface area contributed by atoms with Crippen LogP contribution in [0.5, 0.6) is 11.5 Å². The molecular formula is C11H15NO2S. The van der Waals surface area contributed by atoms with Crippen LogP contribution in [0.1, 0.15) is 18.9 Å². The van der Waals surface area contributed by atoms with Gasteiger partial charge in [0.25, 0.3) is 0 Å². The Labute approximate surface area is 95.2 Å². The Kier molecular flexibility index (Phi) is 4.37. The van der Waals surface area contributed by atoms with Crippen molar-refractivity contribution in [1.29, 1.82) is 0 Å². The molecule has 1 aromatic carbocycles. The third kappa shape index (κ3) is 3.09. The van der Waals surface area contributed by atoms with Gasteiger partial charge in [0, 0.05) is 5.56 Å². The summed E-state index contributed by atoms with van der Waals surface area (Å²) in [7, 11) is 1.61. The van der Waals surface area contributed by atoms with E-state index in [-0.39, 0.29) is 0 Å². The summed E-state index contributed by atoms with van der Waals surface area (Å²) in [4.78, 5) is 0.360. The largest absolute Gasteiger partial charge is 0.493 e. The number of benzene rings is 1. The van der Waals surface area contributed by atoms with Crippen molar-refractivity contribution in [2.24, 2.45) is 5.73 Å². The highest BCUT2D eigenvalue weighted by Gasteiger charge is 2.06. The van der Waals surface area contributed by atoms with Crippen molar-refractivity contribution in [3.05, 3.63) is 23.8 Å². The summed E-state index contributed by atoms with van der Waals surface area (Å²) in [6.07, 6.45) is 0.945. The summed E-state index contributed by atoms with van der Waals surface area (Å²) in [6, 6.07) is 5.43. The van der Waals surface area contributed by atoms with Crippen LogP contribution in [0.15, 0.2) is 18.2 Å². The molecule has 1 rings (SSSR count). The zero-order valence-electron chi connectivity index (χ0n) is 8.95. The van der Waals surface area contributed by atoms with Crippen LogP contribution in [0.25, 0.3) is 0 Å². The van der Waals surface area contributed by atoms with Crippen molar-refractivity contribution >= 4 is 17.2 Å². The van der Waals surface area contributed by atoms with Gasteiger partial charge in [-0.1, -0.05) is 19.1 Å². The highest BCUT2D eigenvalue weighted by Crippen LogP contribution is 2.28. The van der Waals surface area contributed by atoms with Crippen LogP contribution in [0.3, 0.4) is 0 Å². The molecule has 82 valence electrons. The van der Waals surface area contributed by atoms with Gasteiger partial charge in [-0.3, -0.25) is 0 Å². The first-order valence-corrected chi connectivity index (χ1v) is 5.20. The number of nitrogens with two attached hydrogens (primary N) is 1. The van der Waals surface area contributed by atoms with Crippen LogP contribution in [-0.2, 0) is 0 Å². The second kappa shape index (κ2) is 5.56. The quantitative estimate of drug-likeness (QED) is 0.780. The van der Waals surface area contributed by atoms with Gasteiger partial charge in [0.05, 0.1) is 13.7 Å². The molecule has 0 unspecified atom stereocenters. The van der Waals surface area contributed by atoms with Crippen molar-refractivity contribution in [1.82, 2.24) is 0 Å². The molecule has 0 aromatic heterocycles. The zero-order valence-corrected chi connectivity index (χ0v) is 9.76. The molecule has 0 aliphatic heterocycles. The number of hydrogen-bond acceptors (Lipinski definition) is 3. The summed E-state index contributed by atoms with van der Waals surface area (Å²) >= 11 is 4.90. The van der Waals surface area contributed by atoms with Crippen LogP contribution in [0.4, 0.5) is 0 Å². The van der Waals surface area contributed by atoms with Crippen LogP contribution in [0.2, 0.25) is 0 Å². The molecule has 0 saturated heterocycles. The van der Waals surface area contributed by atoms with E-state index in [1.165, 1.54) is 0 Å². The van der Waals surface area contributed by atoms with Crippen molar-refractivity contribution in [2.45, 2.75) is 13.3 Å². The normalized spacial score (nSPS) is 9.73. The standard InChI is InChI=1S/C11H15NO2S/c1-3-6-14-10-7-8(11(12)15)4-5-9(10)13-2/h4-5,7H,3,6H2,1-2H3,(H2,12,15). The topological polar surface area (TPSA) is 44.5 Å². The third-order valence-corrected chi connectivity index (χ3v) is 2.15. The molecule has 2 N–H and O–H groups in total. The summed E-state index contributed by atoms with van der Waals surface area (Å²) < 4.78 is 10.7. The van der Waals surface area contributed by atoms with E-state index in [0.717, 1.165) is 12.0 Å². The Morgan fingerprint density at radius 1 is 1.40 bits per heavy atom. The van der Waals surface area contributed by atoms with Crippen molar-refractivity contribution in [3.8, 4) is 11.5 Å². The molecule has 0 fully saturated rings. The maximum Gasteiger partial charge on any atom is 0.161 e. The molecule has 0 heterocycles. The summed E-state index contributed by atoms with van der Waals surface area (Å²) in [5.74, 6) is 1.38. The van der Waals surface area contributed by atoms with Crippen LogP contribution < -0.4 is 15.2 Å². The molecule has 15 heavy (non-hydrogen) atoms. The molecule has 0 spiro atoms. The Balaban J connectivity index is 2.96. The number of rotatable bonds is 5. The average molecular weight is 225 g/mol. The first kappa shape index (κ1) is 11.8. The van der Waals surface area contributed by atoms with E-state index in [1.807, 2.05) is 13.0 Å². The van der Waals surface area contributed by atoms with Gasteiger partial charge < -0.3 is 15.2 Å². The van der Waals surface area contributed by atoms with Crippen LogP contribution >= 0.6 is 12.2 Å². The van der Waals surface area contributed by atoms with Gasteiger partial charge in [-0.05, 0) is 24.6 Å². The first-order chi connectivity index (χ1) is 7.19. The van der Waals surface area contributed by atoms with Gasteiger partial charge in [0.2, 0.25) is 0 Å². The first-order valence-electron chi connectivity index (χ1n) is 4.79. The van der Waals surface area contributed by atoms with Gasteiger partial charge in [-0.2, -0.15) is 0 Å². The molecule has 3 nitrogen and oxygen atoms in total. The van der Waals surface area contributed by atoms with Gasteiger partial charge >= 0.3 is 0 Å². The Hall–Kier alpha value is -1.29. The molecule has 0 saturated carbocycles. The van der Waals surface area contributed by atoms with Gasteiger partial charge in [0.15, 0.2) is 11.5 Å². The summed E-state index contributed by atoms with van der Waals surface area (Å²) in [6.45, 7) is 2.70. The number of ether oxygens (including phenoxy) is 2. The van der Waals surface area contributed by atoms with E-state index in [0.29, 0.717) is 23.1 Å². The minimum atomic E-state index is 0.360. The minimum Gasteiger partial charge on any atom is -0.493 e. The molecule has 0 aliphatic rings. The van der Waals surface area contributed by atoms with E-state index < -0.39 is 0 Å². The van der Waals surface area contributed by atoms with E-state index in [1.54, 1.807) is 19.2 Å². The molecule has 0 aliphatic carbocycles. The lowest BCUT2D eigenvalue weighted by atomic mass is 10.2. The fourth-order valence-electron chi connectivity index (χ4n) is 1.15. The Morgan fingerprint density at radius 2 is 2.13 bits per heavy atom. The van der Waals surface area contributed by atoms with Gasteiger partial charge in [-0.25, -0.2) is 0 Å². The fourth-order valence-corrected chi connectivity index (χ4v) is 1.28. The minimum absolute atomic E-state index is 0.360. The monoisotopic (exact) mass is 225 g/mol. The second-order valence-electron chi connectivity index (χ2n) is 3.08. The number of hydrogen-bond donors (Lipinski definition) is 1. The Morgan fingerprint density at radius 3 is 2.67 bits per heavy atom. The maximum absolute atomic E-state index is 5.54. The maximum atomic E-state index is 5.54. The third-order valence-electron chi connectivity index (χ3n) is 1.91. The average Bonchev–Trinajstić information content (AvgIpc) is 2.25. The van der Waals surface area contributed by atoms with Crippen LogP contribution in [-0.4, -0.2) is 18.7 Å². The van der Waals surface area contributed by atoms with E-state index >= 15 is 0 Å². The second-order valence-corrected chi connectivity index (χ2v) is 3.52. The molecule has 1 aromatic rings. The number of methoxy groups -OCH3 is 1. The lowest BCUT2D eigenvalue weighted by Gasteiger charge is -2.11. The molecule has 0 atom stereocenters. The van der Waals surface area contributed by atoms with Crippen molar-refractivity contribution in [3.63, 3.8) is 0 Å². The highest BCUT2D eigenvalue weighted by molar-refractivity contribution is 7.80. The lowest BCUT2D eigenvalue weighted by molar-refractivity contribution is 0.294. The molecule has 0 bridgehead atoms. The van der Waals surface area contributed by atoms with Crippen LogP contribution in [0, 0.1) is 0 Å². The molecule has 0 radical (unpaired) electrons. The van der Waals surface area contributed by atoms with Crippen molar-refractivity contribution < 1.29 is 9.47 Å². The fraction of sp³-hybridized carbons (Fsp3) is 0.364.